The molecule has 0 unspecified atom stereocenters. The van der Waals surface area contributed by atoms with Crippen LogP contribution in [0.25, 0.3) is 16.9 Å². The number of carbonyl (C=O) groups is 1. The number of halogens is 4. The van der Waals surface area contributed by atoms with Crippen LogP contribution in [0.2, 0.25) is 5.02 Å². The molecule has 0 aliphatic carbocycles. The summed E-state index contributed by atoms with van der Waals surface area (Å²) >= 11 is 6.22. The van der Waals surface area contributed by atoms with E-state index >= 15 is 0 Å². The summed E-state index contributed by atoms with van der Waals surface area (Å²) in [5.74, 6) is -0.676. The van der Waals surface area contributed by atoms with Crippen molar-refractivity contribution in [2.24, 2.45) is 0 Å². The van der Waals surface area contributed by atoms with Gasteiger partial charge in [-0.25, -0.2) is 9.50 Å². The third-order valence-electron chi connectivity index (χ3n) is 4.62. The number of nitrogens with zero attached hydrogens (tertiary/aromatic N) is 3. The van der Waals surface area contributed by atoms with E-state index < -0.39 is 17.8 Å². The minimum absolute atomic E-state index is 0.0820. The fraction of sp³-hybridized carbons (Fsp3) is 0.316. The normalized spacial score (nSPS) is 17.0. The van der Waals surface area contributed by atoms with E-state index in [2.05, 4.69) is 15.4 Å². The van der Waals surface area contributed by atoms with Crippen LogP contribution < -0.4 is 5.32 Å². The number of benzene rings is 1. The van der Waals surface area contributed by atoms with Crippen LogP contribution in [0.1, 0.15) is 29.0 Å². The summed E-state index contributed by atoms with van der Waals surface area (Å²) in [6.45, 7) is 0.856. The average Bonchev–Trinajstić information content (AvgIpc) is 3.33. The Hall–Kier alpha value is -2.65. The van der Waals surface area contributed by atoms with Gasteiger partial charge in [0.15, 0.2) is 17.0 Å². The van der Waals surface area contributed by atoms with Crippen molar-refractivity contribution in [2.45, 2.75) is 25.1 Å². The van der Waals surface area contributed by atoms with Gasteiger partial charge < -0.3 is 10.1 Å². The molecule has 1 aliphatic rings. The molecule has 1 aromatic carbocycles. The van der Waals surface area contributed by atoms with Crippen LogP contribution in [0, 0.1) is 0 Å². The highest BCUT2D eigenvalue weighted by Crippen LogP contribution is 2.34. The topological polar surface area (TPSA) is 68.5 Å². The highest BCUT2D eigenvalue weighted by atomic mass is 35.5. The molecule has 0 saturated carbocycles. The second-order valence-corrected chi connectivity index (χ2v) is 7.01. The van der Waals surface area contributed by atoms with Gasteiger partial charge in [-0.15, -0.1) is 0 Å². The standard InChI is InChI=1S/C19H16ClF3N4O2/c20-15-16(18(28)24-10-12-7-4-8-29-12)26-27-14(19(21,22)23)9-13(25-17(15)27)11-5-2-1-3-6-11/h1-3,5-6,9,12H,4,7-8,10H2,(H,24,28)/t12-/m0/s1. The minimum atomic E-state index is -4.72. The monoisotopic (exact) mass is 424 g/mol. The van der Waals surface area contributed by atoms with E-state index in [-0.39, 0.29) is 34.7 Å². The fourth-order valence-corrected chi connectivity index (χ4v) is 3.44. The molecule has 1 aliphatic heterocycles. The van der Waals surface area contributed by atoms with Crippen molar-refractivity contribution in [3.63, 3.8) is 0 Å². The van der Waals surface area contributed by atoms with Gasteiger partial charge in [0, 0.05) is 18.7 Å². The van der Waals surface area contributed by atoms with Crippen molar-refractivity contribution in [3.8, 4) is 11.3 Å². The number of aromatic nitrogens is 3. The number of ether oxygens (including phenoxy) is 1. The van der Waals surface area contributed by atoms with Gasteiger partial charge in [0.05, 0.1) is 11.8 Å². The number of nitrogens with one attached hydrogen (secondary N) is 1. The molecule has 0 bridgehead atoms. The van der Waals surface area contributed by atoms with Crippen molar-refractivity contribution >= 4 is 23.2 Å². The van der Waals surface area contributed by atoms with Gasteiger partial charge in [-0.05, 0) is 18.9 Å². The lowest BCUT2D eigenvalue weighted by Gasteiger charge is -2.11. The summed E-state index contributed by atoms with van der Waals surface area (Å²) < 4.78 is 47.0. The van der Waals surface area contributed by atoms with Gasteiger partial charge in [-0.3, -0.25) is 4.79 Å². The minimum Gasteiger partial charge on any atom is -0.376 e. The van der Waals surface area contributed by atoms with Crippen LogP contribution >= 0.6 is 11.6 Å². The number of hydrogen-bond acceptors (Lipinski definition) is 4. The Kier molecular flexibility index (Phi) is 5.18. The first kappa shape index (κ1) is 19.7. The maximum atomic E-state index is 13.7. The molecular formula is C19H16ClF3N4O2. The number of carbonyl (C=O) groups excluding carboxylic acids is 1. The summed E-state index contributed by atoms with van der Waals surface area (Å²) in [7, 11) is 0. The summed E-state index contributed by atoms with van der Waals surface area (Å²) in [5.41, 5.74) is -1.04. The molecule has 0 spiro atoms. The van der Waals surface area contributed by atoms with Crippen molar-refractivity contribution in [1.82, 2.24) is 19.9 Å². The lowest BCUT2D eigenvalue weighted by Crippen LogP contribution is -2.32. The number of fused-ring (bicyclic) bond motifs is 1. The SMILES string of the molecule is O=C(NC[C@@H]1CCCO1)c1nn2c(C(F)(F)F)cc(-c3ccccc3)nc2c1Cl. The van der Waals surface area contributed by atoms with E-state index in [1.54, 1.807) is 30.3 Å². The van der Waals surface area contributed by atoms with Gasteiger partial charge in [-0.1, -0.05) is 41.9 Å². The van der Waals surface area contributed by atoms with Crippen LogP contribution in [0.15, 0.2) is 36.4 Å². The fourth-order valence-electron chi connectivity index (χ4n) is 3.19. The van der Waals surface area contributed by atoms with Gasteiger partial charge in [0.2, 0.25) is 0 Å². The summed E-state index contributed by atoms with van der Waals surface area (Å²) in [5, 5.41) is 6.18. The number of rotatable bonds is 4. The van der Waals surface area contributed by atoms with Crippen molar-refractivity contribution < 1.29 is 22.7 Å². The van der Waals surface area contributed by atoms with E-state index in [1.807, 2.05) is 0 Å². The van der Waals surface area contributed by atoms with Gasteiger partial charge >= 0.3 is 6.18 Å². The van der Waals surface area contributed by atoms with E-state index in [0.717, 1.165) is 18.9 Å². The van der Waals surface area contributed by atoms with E-state index in [1.165, 1.54) is 0 Å². The molecule has 1 amide bonds. The molecule has 6 nitrogen and oxygen atoms in total. The molecule has 152 valence electrons. The molecule has 1 saturated heterocycles. The third kappa shape index (κ3) is 3.92. The van der Waals surface area contributed by atoms with Crippen molar-refractivity contribution in [2.75, 3.05) is 13.2 Å². The molecule has 0 radical (unpaired) electrons. The lowest BCUT2D eigenvalue weighted by molar-refractivity contribution is -0.142. The van der Waals surface area contributed by atoms with Gasteiger partial charge in [0.25, 0.3) is 5.91 Å². The molecule has 3 aromatic rings. The Morgan fingerprint density at radius 1 is 1.31 bits per heavy atom. The van der Waals surface area contributed by atoms with Crippen LogP contribution in [0.4, 0.5) is 13.2 Å². The highest BCUT2D eigenvalue weighted by Gasteiger charge is 2.36. The Balaban J connectivity index is 1.76. The quantitative estimate of drug-likeness (QED) is 0.688. The first-order valence-electron chi connectivity index (χ1n) is 8.96. The van der Waals surface area contributed by atoms with Crippen LogP contribution in [0.3, 0.4) is 0 Å². The van der Waals surface area contributed by atoms with Crippen LogP contribution in [-0.4, -0.2) is 39.8 Å². The summed E-state index contributed by atoms with van der Waals surface area (Å²) in [6, 6.07) is 9.29. The van der Waals surface area contributed by atoms with Gasteiger partial charge in [-0.2, -0.15) is 18.3 Å². The predicted molar refractivity (Wildman–Crippen MR) is 99.7 cm³/mol. The lowest BCUT2D eigenvalue weighted by atomic mass is 10.1. The maximum Gasteiger partial charge on any atom is 0.433 e. The second kappa shape index (κ2) is 7.64. The predicted octanol–water partition coefficient (Wildman–Crippen LogP) is 3.98. The first-order chi connectivity index (χ1) is 13.8. The highest BCUT2D eigenvalue weighted by molar-refractivity contribution is 6.36. The zero-order valence-electron chi connectivity index (χ0n) is 15.0. The molecular weight excluding hydrogens is 409 g/mol. The number of amides is 1. The van der Waals surface area contributed by atoms with E-state index in [4.69, 9.17) is 16.3 Å². The molecule has 4 rings (SSSR count). The van der Waals surface area contributed by atoms with Crippen LogP contribution in [0.5, 0.6) is 0 Å². The molecule has 2 aromatic heterocycles. The van der Waals surface area contributed by atoms with Crippen LogP contribution in [-0.2, 0) is 10.9 Å². The Bertz CT molecular complexity index is 1050. The number of alkyl halides is 3. The van der Waals surface area contributed by atoms with E-state index in [0.29, 0.717) is 16.7 Å². The second-order valence-electron chi connectivity index (χ2n) is 6.63. The van der Waals surface area contributed by atoms with E-state index in [9.17, 15) is 18.0 Å². The zero-order chi connectivity index (χ0) is 20.6. The largest absolute Gasteiger partial charge is 0.433 e. The Labute approximate surface area is 168 Å². The van der Waals surface area contributed by atoms with Crippen molar-refractivity contribution in [3.05, 3.63) is 52.8 Å². The third-order valence-corrected chi connectivity index (χ3v) is 4.97. The molecule has 1 N–H and O–H groups in total. The average molecular weight is 425 g/mol. The summed E-state index contributed by atoms with van der Waals surface area (Å²) in [4.78, 5) is 16.7. The Morgan fingerprint density at radius 3 is 2.72 bits per heavy atom. The summed E-state index contributed by atoms with van der Waals surface area (Å²) in [6.07, 6.45) is -3.13. The molecule has 10 heteroatoms. The Morgan fingerprint density at radius 2 is 2.07 bits per heavy atom. The molecule has 1 atom stereocenters. The van der Waals surface area contributed by atoms with Gasteiger partial charge in [0.1, 0.15) is 5.02 Å². The molecule has 3 heterocycles. The molecule has 1 fully saturated rings. The first-order valence-corrected chi connectivity index (χ1v) is 9.34. The smallest absolute Gasteiger partial charge is 0.376 e. The van der Waals surface area contributed by atoms with Crippen molar-refractivity contribution in [1.29, 1.82) is 0 Å². The zero-order valence-corrected chi connectivity index (χ0v) is 15.8. The maximum absolute atomic E-state index is 13.7. The number of hydrogen-bond donors (Lipinski definition) is 1. The molecule has 29 heavy (non-hydrogen) atoms.